The molecule has 2 aromatic carbocycles. The van der Waals surface area contributed by atoms with Crippen molar-refractivity contribution >= 4 is 46.6 Å². The summed E-state index contributed by atoms with van der Waals surface area (Å²) in [7, 11) is 0. The quantitative estimate of drug-likeness (QED) is 0.451. The highest BCUT2D eigenvalue weighted by Crippen LogP contribution is 2.30. The van der Waals surface area contributed by atoms with Gasteiger partial charge >= 0.3 is 0 Å². The molecular formula is C15H11ClFN3O4S. The molecule has 2 aromatic rings. The molecule has 0 heterocycles. The minimum atomic E-state index is -0.786. The number of hydrogen-bond acceptors (Lipinski definition) is 5. The standard InChI is InChI=1S/C15H11ClFN3O4S/c16-10-6-9(2-3-11(10)17)19-14(21)7-25-13-4-1-8(15(18)22)5-12(13)20(23)24/h1-6H,7H2,(H2,18,22)(H,19,21). The molecule has 3 N–H and O–H groups in total. The molecule has 7 nitrogen and oxygen atoms in total. The zero-order valence-electron chi connectivity index (χ0n) is 12.5. The van der Waals surface area contributed by atoms with E-state index in [9.17, 15) is 24.1 Å². The lowest BCUT2D eigenvalue weighted by atomic mass is 10.2. The van der Waals surface area contributed by atoms with Gasteiger partial charge in [-0.05, 0) is 30.3 Å². The van der Waals surface area contributed by atoms with Crippen LogP contribution in [0, 0.1) is 15.9 Å². The van der Waals surface area contributed by atoms with E-state index in [4.69, 9.17) is 17.3 Å². The average Bonchev–Trinajstić information content (AvgIpc) is 2.56. The average molecular weight is 384 g/mol. The van der Waals surface area contributed by atoms with E-state index in [1.165, 1.54) is 24.3 Å². The lowest BCUT2D eigenvalue weighted by Crippen LogP contribution is -2.14. The first-order valence-electron chi connectivity index (χ1n) is 6.74. The van der Waals surface area contributed by atoms with Crippen molar-refractivity contribution in [2.75, 3.05) is 11.1 Å². The summed E-state index contributed by atoms with van der Waals surface area (Å²) in [6.07, 6.45) is 0. The largest absolute Gasteiger partial charge is 0.366 e. The zero-order valence-corrected chi connectivity index (χ0v) is 14.1. The van der Waals surface area contributed by atoms with Crippen LogP contribution in [0.15, 0.2) is 41.3 Å². The molecule has 2 amide bonds. The number of hydrogen-bond donors (Lipinski definition) is 2. The predicted molar refractivity (Wildman–Crippen MR) is 92.4 cm³/mol. The number of amides is 2. The maximum absolute atomic E-state index is 13.1. The first-order chi connectivity index (χ1) is 11.8. The summed E-state index contributed by atoms with van der Waals surface area (Å²) in [5, 5.41) is 13.5. The van der Waals surface area contributed by atoms with Crippen molar-refractivity contribution < 1.29 is 18.9 Å². The van der Waals surface area contributed by atoms with Gasteiger partial charge in [0.25, 0.3) is 5.69 Å². The lowest BCUT2D eigenvalue weighted by Gasteiger charge is -2.07. The molecule has 2 rings (SSSR count). The van der Waals surface area contributed by atoms with E-state index in [0.717, 1.165) is 23.9 Å². The lowest BCUT2D eigenvalue weighted by molar-refractivity contribution is -0.387. The maximum Gasteiger partial charge on any atom is 0.283 e. The molecule has 0 aromatic heterocycles. The van der Waals surface area contributed by atoms with Crippen LogP contribution < -0.4 is 11.1 Å². The van der Waals surface area contributed by atoms with Crippen LogP contribution in [0.2, 0.25) is 5.02 Å². The summed E-state index contributed by atoms with van der Waals surface area (Å²) in [6, 6.07) is 7.46. The van der Waals surface area contributed by atoms with Crippen LogP contribution in [0.25, 0.3) is 0 Å². The number of benzene rings is 2. The molecule has 0 aliphatic heterocycles. The topological polar surface area (TPSA) is 115 Å². The molecule has 0 fully saturated rings. The highest BCUT2D eigenvalue weighted by atomic mass is 35.5. The second-order valence-electron chi connectivity index (χ2n) is 4.77. The zero-order chi connectivity index (χ0) is 18.6. The van der Waals surface area contributed by atoms with Crippen molar-refractivity contribution in [1.29, 1.82) is 0 Å². The number of carbonyl (C=O) groups is 2. The first kappa shape index (κ1) is 18.7. The molecular weight excluding hydrogens is 373 g/mol. The van der Waals surface area contributed by atoms with Gasteiger partial charge in [0.1, 0.15) is 5.82 Å². The number of thioether (sulfide) groups is 1. The van der Waals surface area contributed by atoms with Crippen molar-refractivity contribution in [1.82, 2.24) is 0 Å². The van der Waals surface area contributed by atoms with E-state index in [0.29, 0.717) is 5.69 Å². The molecule has 0 spiro atoms. The number of nitrogens with one attached hydrogen (secondary N) is 1. The number of nitrogens with two attached hydrogens (primary N) is 1. The number of anilines is 1. The van der Waals surface area contributed by atoms with E-state index in [-0.39, 0.29) is 26.9 Å². The molecule has 25 heavy (non-hydrogen) atoms. The summed E-state index contributed by atoms with van der Waals surface area (Å²) in [6.45, 7) is 0. The molecule has 0 aliphatic carbocycles. The Balaban J connectivity index is 2.07. The molecule has 0 unspecified atom stereocenters. The highest BCUT2D eigenvalue weighted by Gasteiger charge is 2.18. The molecule has 0 aliphatic rings. The highest BCUT2D eigenvalue weighted by molar-refractivity contribution is 8.00. The summed E-state index contributed by atoms with van der Waals surface area (Å²) in [4.78, 5) is 33.7. The summed E-state index contributed by atoms with van der Waals surface area (Å²) < 4.78 is 13.1. The van der Waals surface area contributed by atoms with E-state index < -0.39 is 22.6 Å². The van der Waals surface area contributed by atoms with Gasteiger partial charge in [-0.1, -0.05) is 11.6 Å². The fourth-order valence-corrected chi connectivity index (χ4v) is 2.83. The van der Waals surface area contributed by atoms with E-state index in [1.54, 1.807) is 0 Å². The first-order valence-corrected chi connectivity index (χ1v) is 8.10. The van der Waals surface area contributed by atoms with Crippen LogP contribution >= 0.6 is 23.4 Å². The fraction of sp³-hybridized carbons (Fsp3) is 0.0667. The Morgan fingerprint density at radius 3 is 2.60 bits per heavy atom. The van der Waals surface area contributed by atoms with E-state index in [1.807, 2.05) is 0 Å². The molecule has 0 atom stereocenters. The predicted octanol–water partition coefficient (Wildman–Crippen LogP) is 3.22. The van der Waals surface area contributed by atoms with Gasteiger partial charge in [0.15, 0.2) is 0 Å². The van der Waals surface area contributed by atoms with Crippen molar-refractivity contribution in [3.63, 3.8) is 0 Å². The number of primary amides is 1. The van der Waals surface area contributed by atoms with Crippen molar-refractivity contribution in [2.45, 2.75) is 4.90 Å². The van der Waals surface area contributed by atoms with Crippen molar-refractivity contribution in [2.24, 2.45) is 5.73 Å². The third kappa shape index (κ3) is 4.91. The van der Waals surface area contributed by atoms with Gasteiger partial charge in [-0.3, -0.25) is 19.7 Å². The SMILES string of the molecule is NC(=O)c1ccc(SCC(=O)Nc2ccc(F)c(Cl)c2)c([N+](=O)[O-])c1. The minimum absolute atomic E-state index is 0.00135. The number of nitrogens with zero attached hydrogens (tertiary/aromatic N) is 1. The Morgan fingerprint density at radius 1 is 1.28 bits per heavy atom. The Morgan fingerprint density at radius 2 is 2.00 bits per heavy atom. The van der Waals surface area contributed by atoms with E-state index >= 15 is 0 Å². The Labute approximate surface area is 150 Å². The number of rotatable bonds is 6. The number of halogens is 2. The van der Waals surface area contributed by atoms with Crippen molar-refractivity contribution in [3.05, 3.63) is 62.9 Å². The third-order valence-electron chi connectivity index (χ3n) is 3.00. The van der Waals surface area contributed by atoms with Gasteiger partial charge in [0, 0.05) is 17.3 Å². The molecule has 10 heteroatoms. The van der Waals surface area contributed by atoms with Gasteiger partial charge in [-0.25, -0.2) is 4.39 Å². The molecule has 0 saturated heterocycles. The minimum Gasteiger partial charge on any atom is -0.366 e. The molecule has 0 radical (unpaired) electrons. The van der Waals surface area contributed by atoms with Crippen LogP contribution in [-0.4, -0.2) is 22.5 Å². The Bertz CT molecular complexity index is 863. The summed E-state index contributed by atoms with van der Waals surface area (Å²) in [5.74, 6) is -1.99. The molecule has 0 bridgehead atoms. The Hall–Kier alpha value is -2.65. The molecule has 0 saturated carbocycles. The van der Waals surface area contributed by atoms with Gasteiger partial charge in [0.2, 0.25) is 11.8 Å². The fourth-order valence-electron chi connectivity index (χ4n) is 1.85. The smallest absolute Gasteiger partial charge is 0.283 e. The normalized spacial score (nSPS) is 10.3. The second-order valence-corrected chi connectivity index (χ2v) is 6.19. The van der Waals surface area contributed by atoms with Gasteiger partial charge in [0.05, 0.1) is 20.6 Å². The second kappa shape index (κ2) is 7.95. The van der Waals surface area contributed by atoms with Crippen LogP contribution in [0.4, 0.5) is 15.8 Å². The monoisotopic (exact) mass is 383 g/mol. The third-order valence-corrected chi connectivity index (χ3v) is 4.35. The number of nitro benzene ring substituents is 1. The van der Waals surface area contributed by atoms with Crippen molar-refractivity contribution in [3.8, 4) is 0 Å². The van der Waals surface area contributed by atoms with Gasteiger partial charge in [-0.15, -0.1) is 11.8 Å². The van der Waals surface area contributed by atoms with Crippen LogP contribution in [0.3, 0.4) is 0 Å². The summed E-state index contributed by atoms with van der Waals surface area (Å²) >= 11 is 6.54. The Kier molecular flexibility index (Phi) is 5.94. The maximum atomic E-state index is 13.1. The van der Waals surface area contributed by atoms with Gasteiger partial charge < -0.3 is 11.1 Å². The summed E-state index contributed by atoms with van der Waals surface area (Å²) in [5.41, 5.74) is 5.08. The van der Waals surface area contributed by atoms with Crippen LogP contribution in [-0.2, 0) is 4.79 Å². The number of nitro groups is 1. The molecule has 130 valence electrons. The van der Waals surface area contributed by atoms with E-state index in [2.05, 4.69) is 5.32 Å². The van der Waals surface area contributed by atoms with Gasteiger partial charge in [-0.2, -0.15) is 0 Å². The van der Waals surface area contributed by atoms with Crippen LogP contribution in [0.1, 0.15) is 10.4 Å². The number of carbonyl (C=O) groups excluding carboxylic acids is 2. The van der Waals surface area contributed by atoms with Crippen LogP contribution in [0.5, 0.6) is 0 Å².